The Labute approximate surface area is 381 Å². The zero-order valence-electron chi connectivity index (χ0n) is 38.9. The molecule has 0 spiro atoms. The van der Waals surface area contributed by atoms with Crippen molar-refractivity contribution in [1.82, 2.24) is 19.5 Å². The van der Waals surface area contributed by atoms with Gasteiger partial charge < -0.3 is 9.55 Å². The second kappa shape index (κ2) is 16.1. The molecule has 4 nitrogen and oxygen atoms in total. The zero-order valence-corrected chi connectivity index (χ0v) is 37.9. The summed E-state index contributed by atoms with van der Waals surface area (Å²) in [6.07, 6.45) is 3.70. The van der Waals surface area contributed by atoms with E-state index in [1.54, 1.807) is 28.9 Å². The van der Waals surface area contributed by atoms with Crippen LogP contribution >= 0.6 is 22.7 Å². The molecular formula is C52H40IrN4S2Si-2. The fourth-order valence-electron chi connectivity index (χ4n) is 7.60. The summed E-state index contributed by atoms with van der Waals surface area (Å²) in [5.41, 5.74) is 6.88. The summed E-state index contributed by atoms with van der Waals surface area (Å²) in [5.74, 6) is 0.769. The molecular weight excluding hydrogens is 965 g/mol. The molecule has 60 heavy (non-hydrogen) atoms. The fourth-order valence-corrected chi connectivity index (χ4v) is 10.8. The first kappa shape index (κ1) is 33.2. The van der Waals surface area contributed by atoms with E-state index in [9.17, 15) is 0 Å². The van der Waals surface area contributed by atoms with E-state index in [4.69, 9.17) is 18.2 Å². The van der Waals surface area contributed by atoms with Crippen molar-refractivity contribution in [3.8, 4) is 39.5 Å². The van der Waals surface area contributed by atoms with E-state index in [2.05, 4.69) is 102 Å². The number of para-hydroxylation sites is 2. The molecule has 0 unspecified atom stereocenters. The summed E-state index contributed by atoms with van der Waals surface area (Å²) in [5, 5.41) is 5.67. The van der Waals surface area contributed by atoms with Crippen molar-refractivity contribution in [3.05, 3.63) is 175 Å². The second-order valence-corrected chi connectivity index (χ2v) is 22.7. The molecule has 0 bridgehead atoms. The predicted octanol–water partition coefficient (Wildman–Crippen LogP) is 14.0. The maximum absolute atomic E-state index is 7.96. The van der Waals surface area contributed by atoms with Gasteiger partial charge in [-0.3, -0.25) is 4.98 Å². The summed E-state index contributed by atoms with van der Waals surface area (Å²) in [4.78, 5) is 15.3. The monoisotopic (exact) mass is 1010 g/mol. The number of aromatic nitrogens is 4. The molecule has 0 saturated carbocycles. The van der Waals surface area contributed by atoms with Crippen molar-refractivity contribution >= 4 is 87.4 Å². The van der Waals surface area contributed by atoms with Crippen molar-refractivity contribution in [2.24, 2.45) is 0 Å². The Bertz CT molecular complexity index is 3540. The molecule has 8 heteroatoms. The normalized spacial score (nSPS) is 13.5. The fraction of sp³-hybridized carbons (Fsp3) is 0.0962. The molecule has 0 aliphatic heterocycles. The summed E-state index contributed by atoms with van der Waals surface area (Å²) >= 11 is 3.33. The van der Waals surface area contributed by atoms with E-state index in [0.29, 0.717) is 11.1 Å². The first-order valence-corrected chi connectivity index (χ1v) is 24.5. The Hall–Kier alpha value is -5.60. The molecule has 295 valence electrons. The van der Waals surface area contributed by atoms with E-state index in [1.165, 1.54) is 43.6 Å². The van der Waals surface area contributed by atoms with Crippen LogP contribution in [0.2, 0.25) is 19.6 Å². The van der Waals surface area contributed by atoms with Gasteiger partial charge in [0.1, 0.15) is 4.83 Å². The number of imidazole rings is 1. The van der Waals surface area contributed by atoms with E-state index in [-0.39, 0.29) is 31.2 Å². The molecule has 1 radical (unpaired) electrons. The summed E-state index contributed by atoms with van der Waals surface area (Å²) in [7, 11) is -1.23. The maximum atomic E-state index is 7.96. The average Bonchev–Trinajstić information content (AvgIpc) is 3.99. The van der Waals surface area contributed by atoms with Gasteiger partial charge in [0.2, 0.25) is 0 Å². The minimum Gasteiger partial charge on any atom is -0.333 e. The molecule has 6 aromatic carbocycles. The van der Waals surface area contributed by atoms with Gasteiger partial charge in [0.15, 0.2) is 0 Å². The molecule has 0 fully saturated rings. The number of benzene rings is 6. The molecule has 0 amide bonds. The number of nitrogens with zero attached hydrogens (tertiary/aromatic N) is 4. The maximum Gasteiger partial charge on any atom is 0.113 e. The van der Waals surface area contributed by atoms with Gasteiger partial charge in [0.25, 0.3) is 0 Å². The van der Waals surface area contributed by atoms with Crippen LogP contribution in [0.25, 0.3) is 91.0 Å². The van der Waals surface area contributed by atoms with Crippen LogP contribution in [0, 0.1) is 25.8 Å². The van der Waals surface area contributed by atoms with Crippen molar-refractivity contribution in [1.29, 1.82) is 0 Å². The van der Waals surface area contributed by atoms with E-state index < -0.39 is 21.8 Å². The van der Waals surface area contributed by atoms with Crippen LogP contribution in [-0.2, 0) is 20.1 Å². The van der Waals surface area contributed by atoms with Gasteiger partial charge in [-0.05, 0) is 77.3 Å². The van der Waals surface area contributed by atoms with Crippen molar-refractivity contribution < 1.29 is 28.3 Å². The Balaban J connectivity index is 0.000000273. The Morgan fingerprint density at radius 3 is 2.22 bits per heavy atom. The summed E-state index contributed by atoms with van der Waals surface area (Å²) < 4.78 is 53.4. The van der Waals surface area contributed by atoms with Crippen LogP contribution in [0.3, 0.4) is 0 Å². The third kappa shape index (κ3) is 7.44. The summed E-state index contributed by atoms with van der Waals surface area (Å²) in [6.45, 7) is 2.08. The quantitative estimate of drug-likeness (QED) is 0.127. The Morgan fingerprint density at radius 2 is 1.43 bits per heavy atom. The number of aryl methyl sites for hydroxylation is 2. The largest absolute Gasteiger partial charge is 0.333 e. The minimum absolute atomic E-state index is 0. The van der Waals surface area contributed by atoms with Crippen LogP contribution in [0.1, 0.15) is 19.4 Å². The molecule has 0 aliphatic rings. The molecule has 11 rings (SSSR count). The van der Waals surface area contributed by atoms with Gasteiger partial charge in [-0.15, -0.1) is 65.4 Å². The van der Waals surface area contributed by atoms with E-state index in [0.717, 1.165) is 59.7 Å². The van der Waals surface area contributed by atoms with Crippen molar-refractivity contribution in [2.45, 2.75) is 33.3 Å². The molecule has 5 aromatic heterocycles. The van der Waals surface area contributed by atoms with Gasteiger partial charge >= 0.3 is 0 Å². The van der Waals surface area contributed by atoms with E-state index >= 15 is 0 Å². The molecule has 5 heterocycles. The third-order valence-electron chi connectivity index (χ3n) is 10.6. The summed E-state index contributed by atoms with van der Waals surface area (Å²) in [6, 6.07) is 52.3. The smallest absolute Gasteiger partial charge is 0.113 e. The second-order valence-electron chi connectivity index (χ2n) is 15.6. The Morgan fingerprint density at radius 1 is 0.633 bits per heavy atom. The topological polar surface area (TPSA) is 43.6 Å². The number of hydrogen-bond acceptors (Lipinski definition) is 5. The van der Waals surface area contributed by atoms with Crippen LogP contribution in [-0.4, -0.2) is 27.6 Å². The molecule has 0 saturated heterocycles. The number of hydrogen-bond donors (Lipinski definition) is 0. The number of rotatable bonds is 5. The third-order valence-corrected chi connectivity index (χ3v) is 14.9. The number of thiophene rings is 2. The molecule has 0 atom stereocenters. The predicted molar refractivity (Wildman–Crippen MR) is 255 cm³/mol. The first-order valence-electron chi connectivity index (χ1n) is 22.3. The van der Waals surface area contributed by atoms with Gasteiger partial charge in [-0.25, -0.2) is 4.98 Å². The van der Waals surface area contributed by atoms with Crippen LogP contribution in [0.15, 0.2) is 152 Å². The zero-order chi connectivity index (χ0) is 45.3. The Kier molecular flexibility index (Phi) is 8.90. The van der Waals surface area contributed by atoms with E-state index in [1.807, 2.05) is 66.9 Å². The van der Waals surface area contributed by atoms with Gasteiger partial charge in [0, 0.05) is 77.5 Å². The minimum atomic E-state index is -2.46. The van der Waals surface area contributed by atoms with Gasteiger partial charge in [-0.1, -0.05) is 102 Å². The average molecular weight is 1010 g/mol. The number of pyridine rings is 2. The van der Waals surface area contributed by atoms with Gasteiger partial charge in [-0.2, -0.15) is 11.3 Å². The first-order chi connectivity index (χ1) is 31.1. The molecule has 0 aliphatic carbocycles. The van der Waals surface area contributed by atoms with Gasteiger partial charge in [0.05, 0.1) is 24.9 Å². The molecule has 0 N–H and O–H groups in total. The number of fused-ring (bicyclic) bond motifs is 7. The van der Waals surface area contributed by atoms with Crippen molar-refractivity contribution in [3.63, 3.8) is 0 Å². The van der Waals surface area contributed by atoms with Crippen LogP contribution < -0.4 is 5.19 Å². The molecule has 11 aromatic rings. The van der Waals surface area contributed by atoms with Crippen molar-refractivity contribution in [2.75, 3.05) is 0 Å². The van der Waals surface area contributed by atoms with Crippen LogP contribution in [0.5, 0.6) is 0 Å². The standard InChI is InChI=1S/C38H24N3S2.C14H16NSi.Ir/c1-22-16-23(2)18-24(17-22)25-19-31-28-9-7-10-29(36(28)43-38(31)39-21-25)37-40-32-11-4-5-12-33(32)41(37)26-14-15-35-30(20-26)27-8-3-6-13-34(27)42-35;1-16(2,3)13-9-10-14(15-11-13)12-7-5-4-6-8-12;/h3-9,11-21H,1-2H3;4-7,9-11H,1-3H3;/q2*-1;/i1D3,2D3;;. The van der Waals surface area contributed by atoms with Crippen LogP contribution in [0.4, 0.5) is 0 Å². The SMILES string of the molecule is C[Si](C)(C)c1ccc(-c2[c-]cccc2)nc1.[2H]C([2H])([2H])c1cc(-c2cnc3sc4c(-c5nc6ccccc6n5-c5ccc6sc7ccccc7c6c5)[c-]ccc4c3c2)cc(C([2H])([2H])[2H])c1.[Ir].